The third kappa shape index (κ3) is 3.65. The predicted molar refractivity (Wildman–Crippen MR) is 108 cm³/mol. The fourth-order valence-electron chi connectivity index (χ4n) is 7.76. The zero-order valence-corrected chi connectivity index (χ0v) is 17.7. The number of carbonyl (C=O) groups excluding carboxylic acids is 4. The summed E-state index contributed by atoms with van der Waals surface area (Å²) in [6, 6.07) is 0. The summed E-state index contributed by atoms with van der Waals surface area (Å²) < 4.78 is 0. The Morgan fingerprint density at radius 1 is 0.833 bits per heavy atom. The largest absolute Gasteiger partial charge is 0.282 e. The fraction of sp³-hybridized carbons (Fsp3) is 0.826. The van der Waals surface area contributed by atoms with Crippen LogP contribution in [-0.2, 0) is 19.2 Å². The second-order valence-electron chi connectivity index (χ2n) is 10.8. The smallest absolute Gasteiger partial charge is 0.240 e. The molecule has 6 fully saturated rings. The second kappa shape index (κ2) is 7.65. The van der Waals surface area contributed by atoms with Gasteiger partial charge in [-0.2, -0.15) is 0 Å². The first kappa shape index (κ1) is 20.0. The number of fused-ring (bicyclic) bond motifs is 1. The number of likely N-dealkylation sites (tertiary alicyclic amines) is 1. The van der Waals surface area contributed by atoms with Crippen molar-refractivity contribution in [3.63, 3.8) is 0 Å². The highest BCUT2D eigenvalue weighted by molar-refractivity contribution is 6.05. The van der Waals surface area contributed by atoms with Gasteiger partial charge in [0.2, 0.25) is 23.6 Å². The Hall–Kier alpha value is -1.92. The summed E-state index contributed by atoms with van der Waals surface area (Å²) in [5.41, 5.74) is 5.21. The van der Waals surface area contributed by atoms with Gasteiger partial charge >= 0.3 is 0 Å². The van der Waals surface area contributed by atoms with Gasteiger partial charge < -0.3 is 0 Å². The summed E-state index contributed by atoms with van der Waals surface area (Å²) in [7, 11) is 0. The molecule has 4 bridgehead atoms. The standard InChI is InChI=1S/C23H33N3O4/c27-19(5-6-26-21(29)17-3-1-2-4-18(17)22(26)30)24-25-20(28)13-23-10-14-7-15(11-23)9-16(8-14)12-23/h14-18H,1-13H2,(H,24,27)(H,25,28)/t14?,15?,16?,17-,18-,23?/m0/s1. The van der Waals surface area contributed by atoms with Gasteiger partial charge in [-0.3, -0.25) is 34.9 Å². The Kier molecular flexibility index (Phi) is 5.10. The maximum absolute atomic E-state index is 12.5. The monoisotopic (exact) mass is 415 g/mol. The molecule has 30 heavy (non-hydrogen) atoms. The lowest BCUT2D eigenvalue weighted by Crippen LogP contribution is -2.50. The van der Waals surface area contributed by atoms with Gasteiger partial charge in [0.1, 0.15) is 0 Å². The minimum atomic E-state index is -0.357. The molecule has 4 amide bonds. The Morgan fingerprint density at radius 2 is 1.33 bits per heavy atom. The molecule has 1 aliphatic heterocycles. The highest BCUT2D eigenvalue weighted by atomic mass is 16.2. The van der Waals surface area contributed by atoms with E-state index in [0.717, 1.165) is 62.7 Å². The summed E-state index contributed by atoms with van der Waals surface area (Å²) in [5.74, 6) is 1.28. The van der Waals surface area contributed by atoms with E-state index in [4.69, 9.17) is 0 Å². The molecule has 2 N–H and O–H groups in total. The van der Waals surface area contributed by atoms with Crippen molar-refractivity contribution >= 4 is 23.6 Å². The first-order chi connectivity index (χ1) is 14.4. The van der Waals surface area contributed by atoms with Gasteiger partial charge in [-0.25, -0.2) is 0 Å². The van der Waals surface area contributed by atoms with Gasteiger partial charge in [0, 0.05) is 19.4 Å². The molecule has 0 spiro atoms. The van der Waals surface area contributed by atoms with Gasteiger partial charge in [-0.05, 0) is 74.5 Å². The summed E-state index contributed by atoms with van der Waals surface area (Å²) in [4.78, 5) is 51.0. The normalized spacial score (nSPS) is 39.2. The molecule has 5 aliphatic carbocycles. The first-order valence-corrected chi connectivity index (χ1v) is 11.9. The molecule has 164 valence electrons. The molecule has 0 aromatic carbocycles. The van der Waals surface area contributed by atoms with E-state index in [-0.39, 0.29) is 53.8 Å². The molecule has 6 rings (SSSR count). The van der Waals surface area contributed by atoms with Crippen LogP contribution in [0, 0.1) is 35.0 Å². The van der Waals surface area contributed by atoms with Crippen molar-refractivity contribution in [3.8, 4) is 0 Å². The lowest BCUT2D eigenvalue weighted by molar-refractivity contribution is -0.141. The van der Waals surface area contributed by atoms with E-state index in [1.807, 2.05) is 0 Å². The second-order valence-corrected chi connectivity index (χ2v) is 10.8. The predicted octanol–water partition coefficient (Wildman–Crippen LogP) is 2.31. The van der Waals surface area contributed by atoms with Crippen LogP contribution in [0.1, 0.15) is 77.0 Å². The molecule has 7 heteroatoms. The first-order valence-electron chi connectivity index (χ1n) is 11.9. The van der Waals surface area contributed by atoms with Crippen molar-refractivity contribution in [1.29, 1.82) is 0 Å². The molecular formula is C23H33N3O4. The van der Waals surface area contributed by atoms with E-state index in [1.54, 1.807) is 0 Å². The van der Waals surface area contributed by atoms with Gasteiger partial charge in [0.05, 0.1) is 11.8 Å². The van der Waals surface area contributed by atoms with Crippen LogP contribution in [0.15, 0.2) is 0 Å². The molecule has 6 aliphatic rings. The maximum atomic E-state index is 12.5. The van der Waals surface area contributed by atoms with Gasteiger partial charge in [0.25, 0.3) is 0 Å². The highest BCUT2D eigenvalue weighted by Crippen LogP contribution is 2.61. The van der Waals surface area contributed by atoms with Crippen LogP contribution >= 0.6 is 0 Å². The summed E-state index contributed by atoms with van der Waals surface area (Å²) in [5, 5.41) is 0. The van der Waals surface area contributed by atoms with E-state index >= 15 is 0 Å². The molecule has 7 nitrogen and oxygen atoms in total. The Balaban J connectivity index is 1.07. The average molecular weight is 416 g/mol. The number of hydrazine groups is 1. The number of rotatable bonds is 5. The molecule has 0 radical (unpaired) electrons. The fourth-order valence-corrected chi connectivity index (χ4v) is 7.76. The third-order valence-corrected chi connectivity index (χ3v) is 8.54. The number of nitrogens with zero attached hydrogens (tertiary/aromatic N) is 1. The minimum Gasteiger partial charge on any atom is -0.282 e. The Morgan fingerprint density at radius 3 is 1.87 bits per heavy atom. The summed E-state index contributed by atoms with van der Waals surface area (Å²) in [6.07, 6.45) is 11.5. The van der Waals surface area contributed by atoms with Crippen LogP contribution in [-0.4, -0.2) is 35.1 Å². The minimum absolute atomic E-state index is 0.0224. The Labute approximate surface area is 177 Å². The average Bonchev–Trinajstić information content (AvgIpc) is 2.94. The maximum Gasteiger partial charge on any atom is 0.240 e. The SMILES string of the molecule is O=C(CCN1C(=O)[C@H]2CCCC[C@@H]2C1=O)NNC(=O)CC12CC3CC(CC(C3)C1)C2. The topological polar surface area (TPSA) is 95.6 Å². The third-order valence-electron chi connectivity index (χ3n) is 8.54. The lowest BCUT2D eigenvalue weighted by atomic mass is 9.49. The van der Waals surface area contributed by atoms with E-state index < -0.39 is 0 Å². The van der Waals surface area contributed by atoms with Gasteiger partial charge in [-0.1, -0.05) is 12.8 Å². The molecule has 0 unspecified atom stereocenters. The number of nitrogens with one attached hydrogen (secondary N) is 2. The van der Waals surface area contributed by atoms with Crippen molar-refractivity contribution < 1.29 is 19.2 Å². The van der Waals surface area contributed by atoms with Crippen molar-refractivity contribution in [2.24, 2.45) is 35.0 Å². The number of carbonyl (C=O) groups is 4. The quantitative estimate of drug-likeness (QED) is 0.532. The van der Waals surface area contributed by atoms with Crippen molar-refractivity contribution in [2.75, 3.05) is 6.54 Å². The van der Waals surface area contributed by atoms with Crippen LogP contribution < -0.4 is 10.9 Å². The molecule has 0 aromatic rings. The number of hydrogen-bond donors (Lipinski definition) is 2. The summed E-state index contributed by atoms with van der Waals surface area (Å²) in [6.45, 7) is 0.0986. The molecule has 5 saturated carbocycles. The van der Waals surface area contributed by atoms with Crippen LogP contribution in [0.5, 0.6) is 0 Å². The molecule has 1 saturated heterocycles. The molecular weight excluding hydrogens is 382 g/mol. The highest BCUT2D eigenvalue weighted by Gasteiger charge is 2.51. The van der Waals surface area contributed by atoms with Crippen LogP contribution in [0.3, 0.4) is 0 Å². The van der Waals surface area contributed by atoms with E-state index in [1.165, 1.54) is 24.2 Å². The van der Waals surface area contributed by atoms with Crippen LogP contribution in [0.4, 0.5) is 0 Å². The van der Waals surface area contributed by atoms with Crippen molar-refractivity contribution in [2.45, 2.75) is 77.0 Å². The molecule has 0 aromatic heterocycles. The van der Waals surface area contributed by atoms with Crippen LogP contribution in [0.2, 0.25) is 0 Å². The molecule has 2 atom stereocenters. The number of amides is 4. The molecule has 1 heterocycles. The van der Waals surface area contributed by atoms with E-state index in [9.17, 15) is 19.2 Å². The zero-order chi connectivity index (χ0) is 20.9. The number of hydrogen-bond acceptors (Lipinski definition) is 4. The zero-order valence-electron chi connectivity index (χ0n) is 17.7. The van der Waals surface area contributed by atoms with E-state index in [2.05, 4.69) is 10.9 Å². The number of imide groups is 1. The summed E-state index contributed by atoms with van der Waals surface area (Å²) >= 11 is 0. The van der Waals surface area contributed by atoms with Crippen molar-refractivity contribution in [3.05, 3.63) is 0 Å². The van der Waals surface area contributed by atoms with E-state index in [0.29, 0.717) is 6.42 Å². The Bertz CT molecular complexity index is 704. The van der Waals surface area contributed by atoms with Gasteiger partial charge in [-0.15, -0.1) is 0 Å². The van der Waals surface area contributed by atoms with Gasteiger partial charge in [0.15, 0.2) is 0 Å². The van der Waals surface area contributed by atoms with Crippen molar-refractivity contribution in [1.82, 2.24) is 15.8 Å². The van der Waals surface area contributed by atoms with Crippen LogP contribution in [0.25, 0.3) is 0 Å². The lowest BCUT2D eigenvalue weighted by Gasteiger charge is -2.56.